The van der Waals surface area contributed by atoms with Crippen molar-refractivity contribution < 1.29 is 23.5 Å². The van der Waals surface area contributed by atoms with Crippen LogP contribution in [-0.4, -0.2) is 10.0 Å². The number of aliphatic hydroxyl groups is 1. The first-order chi connectivity index (χ1) is 9.99. The number of aliphatic hydroxyl groups excluding tert-OH is 1. The zero-order valence-electron chi connectivity index (χ0n) is 10.8. The van der Waals surface area contributed by atoms with Crippen LogP contribution in [0.15, 0.2) is 36.4 Å². The fourth-order valence-electron chi connectivity index (χ4n) is 1.80. The third-order valence-corrected chi connectivity index (χ3v) is 2.75. The average molecular weight is 295 g/mol. The summed E-state index contributed by atoms with van der Waals surface area (Å²) < 4.78 is 31.6. The molecule has 0 bridgehead atoms. The fourth-order valence-corrected chi connectivity index (χ4v) is 1.80. The second kappa shape index (κ2) is 6.27. The van der Waals surface area contributed by atoms with Crippen molar-refractivity contribution in [2.75, 3.05) is 0 Å². The van der Waals surface area contributed by atoms with Gasteiger partial charge in [0.25, 0.3) is 5.69 Å². The Labute approximate surface area is 118 Å². The molecule has 0 aliphatic carbocycles. The second-order valence-electron chi connectivity index (χ2n) is 4.27. The highest BCUT2D eigenvalue weighted by Crippen LogP contribution is 2.23. The second-order valence-corrected chi connectivity index (χ2v) is 4.27. The summed E-state index contributed by atoms with van der Waals surface area (Å²) in [6, 6.07) is 6.62. The summed E-state index contributed by atoms with van der Waals surface area (Å²) in [5, 5.41) is 19.8. The number of nitrogens with zero attached hydrogens (tertiary/aromatic N) is 1. The quantitative estimate of drug-likeness (QED) is 0.680. The molecule has 0 atom stereocenters. The Balaban J connectivity index is 2.22. The van der Waals surface area contributed by atoms with Crippen molar-refractivity contribution in [1.29, 1.82) is 0 Å². The normalized spacial score (nSPS) is 10.4. The lowest BCUT2D eigenvalue weighted by Crippen LogP contribution is -2.02. The number of nitro benzene ring substituents is 1. The van der Waals surface area contributed by atoms with Gasteiger partial charge in [-0.05, 0) is 29.8 Å². The van der Waals surface area contributed by atoms with Crippen LogP contribution in [0, 0.1) is 21.7 Å². The van der Waals surface area contributed by atoms with Gasteiger partial charge >= 0.3 is 0 Å². The van der Waals surface area contributed by atoms with Gasteiger partial charge in [-0.15, -0.1) is 0 Å². The van der Waals surface area contributed by atoms with Crippen molar-refractivity contribution in [3.8, 4) is 5.75 Å². The van der Waals surface area contributed by atoms with Gasteiger partial charge in [0.05, 0.1) is 17.1 Å². The maximum atomic E-state index is 13.3. The zero-order valence-corrected chi connectivity index (χ0v) is 10.8. The van der Waals surface area contributed by atoms with Crippen molar-refractivity contribution in [2.45, 2.75) is 13.2 Å². The third kappa shape index (κ3) is 3.73. The highest BCUT2D eigenvalue weighted by atomic mass is 19.1. The lowest BCUT2D eigenvalue weighted by atomic mass is 10.2. The third-order valence-electron chi connectivity index (χ3n) is 2.75. The lowest BCUT2D eigenvalue weighted by molar-refractivity contribution is -0.385. The summed E-state index contributed by atoms with van der Waals surface area (Å²) in [7, 11) is 0. The minimum absolute atomic E-state index is 0.0369. The molecule has 21 heavy (non-hydrogen) atoms. The van der Waals surface area contributed by atoms with Crippen LogP contribution < -0.4 is 4.74 Å². The first-order valence-electron chi connectivity index (χ1n) is 5.95. The smallest absolute Gasteiger partial charge is 0.276 e. The van der Waals surface area contributed by atoms with E-state index in [4.69, 9.17) is 9.84 Å². The molecule has 0 heterocycles. The van der Waals surface area contributed by atoms with Gasteiger partial charge in [-0.1, -0.05) is 0 Å². The molecule has 1 N–H and O–H groups in total. The number of hydrogen-bond acceptors (Lipinski definition) is 4. The van der Waals surface area contributed by atoms with E-state index < -0.39 is 16.6 Å². The lowest BCUT2D eigenvalue weighted by Gasteiger charge is -2.08. The molecule has 7 heteroatoms. The number of ether oxygens (including phenoxy) is 1. The van der Waals surface area contributed by atoms with Crippen LogP contribution in [0.25, 0.3) is 0 Å². The van der Waals surface area contributed by atoms with Gasteiger partial charge in [0, 0.05) is 12.1 Å². The highest BCUT2D eigenvalue weighted by Gasteiger charge is 2.15. The zero-order chi connectivity index (χ0) is 15.4. The summed E-state index contributed by atoms with van der Waals surface area (Å²) in [4.78, 5) is 10.2. The molecule has 0 saturated heterocycles. The number of halogens is 2. The summed E-state index contributed by atoms with van der Waals surface area (Å²) in [5.41, 5.74) is 0.0590. The van der Waals surface area contributed by atoms with E-state index in [-0.39, 0.29) is 30.2 Å². The Kier molecular flexibility index (Phi) is 4.44. The Morgan fingerprint density at radius 3 is 2.57 bits per heavy atom. The summed E-state index contributed by atoms with van der Waals surface area (Å²) in [5.74, 6) is -1.14. The van der Waals surface area contributed by atoms with Crippen LogP contribution >= 0.6 is 0 Å². The predicted octanol–water partition coefficient (Wildman–Crippen LogP) is 2.94. The van der Waals surface area contributed by atoms with Gasteiger partial charge in [-0.2, -0.15) is 0 Å². The maximum Gasteiger partial charge on any atom is 0.276 e. The first-order valence-corrected chi connectivity index (χ1v) is 5.95. The van der Waals surface area contributed by atoms with E-state index in [9.17, 15) is 18.9 Å². The van der Waals surface area contributed by atoms with E-state index >= 15 is 0 Å². The molecule has 5 nitrogen and oxygen atoms in total. The van der Waals surface area contributed by atoms with Crippen LogP contribution in [0.1, 0.15) is 11.1 Å². The molecule has 0 fully saturated rings. The molecule has 0 radical (unpaired) electrons. The summed E-state index contributed by atoms with van der Waals surface area (Å²) in [6.07, 6.45) is 0. The van der Waals surface area contributed by atoms with E-state index in [0.717, 1.165) is 30.3 Å². The van der Waals surface area contributed by atoms with Crippen LogP contribution in [0.5, 0.6) is 5.75 Å². The van der Waals surface area contributed by atoms with Gasteiger partial charge < -0.3 is 9.84 Å². The molecular weight excluding hydrogens is 284 g/mol. The van der Waals surface area contributed by atoms with Crippen molar-refractivity contribution >= 4 is 5.69 Å². The molecule has 0 aliphatic rings. The molecular formula is C14H11F2NO4. The van der Waals surface area contributed by atoms with E-state index in [2.05, 4.69) is 0 Å². The Morgan fingerprint density at radius 1 is 1.14 bits per heavy atom. The van der Waals surface area contributed by atoms with Crippen molar-refractivity contribution in [1.82, 2.24) is 0 Å². The number of nitro groups is 1. The van der Waals surface area contributed by atoms with E-state index in [0.29, 0.717) is 5.56 Å². The minimum Gasteiger partial charge on any atom is -0.489 e. The molecule has 2 rings (SSSR count). The van der Waals surface area contributed by atoms with Gasteiger partial charge in [0.15, 0.2) is 0 Å². The molecule has 0 unspecified atom stereocenters. The van der Waals surface area contributed by atoms with Crippen LogP contribution in [-0.2, 0) is 13.2 Å². The standard InChI is InChI=1S/C14H11F2NO4/c15-11-1-2-14(17(19)20)10(5-11)8-21-13-4-9(7-18)3-12(16)6-13/h1-6,18H,7-8H2. The van der Waals surface area contributed by atoms with Gasteiger partial charge in [-0.3, -0.25) is 10.1 Å². The molecule has 0 saturated carbocycles. The fraction of sp³-hybridized carbons (Fsp3) is 0.143. The number of rotatable bonds is 5. The van der Waals surface area contributed by atoms with E-state index in [1.807, 2.05) is 0 Å². The average Bonchev–Trinajstić information content (AvgIpc) is 2.44. The molecule has 2 aromatic rings. The van der Waals surface area contributed by atoms with Crippen LogP contribution in [0.2, 0.25) is 0 Å². The molecule has 0 aromatic heterocycles. The Hall–Kier alpha value is -2.54. The number of benzene rings is 2. The largest absolute Gasteiger partial charge is 0.489 e. The van der Waals surface area contributed by atoms with Crippen LogP contribution in [0.4, 0.5) is 14.5 Å². The van der Waals surface area contributed by atoms with Crippen molar-refractivity contribution in [3.63, 3.8) is 0 Å². The van der Waals surface area contributed by atoms with Gasteiger partial charge in [0.2, 0.25) is 0 Å². The predicted molar refractivity (Wildman–Crippen MR) is 69.7 cm³/mol. The van der Waals surface area contributed by atoms with E-state index in [1.54, 1.807) is 0 Å². The van der Waals surface area contributed by atoms with Crippen molar-refractivity contribution in [2.24, 2.45) is 0 Å². The SMILES string of the molecule is O=[N+]([O-])c1ccc(F)cc1COc1cc(F)cc(CO)c1. The molecule has 0 spiro atoms. The monoisotopic (exact) mass is 295 g/mol. The summed E-state index contributed by atoms with van der Waals surface area (Å²) in [6.45, 7) is -0.656. The van der Waals surface area contributed by atoms with Gasteiger partial charge in [0.1, 0.15) is 24.0 Å². The molecule has 0 aliphatic heterocycles. The Morgan fingerprint density at radius 2 is 1.90 bits per heavy atom. The minimum atomic E-state index is -0.650. The molecule has 110 valence electrons. The highest BCUT2D eigenvalue weighted by molar-refractivity contribution is 5.40. The Bertz CT molecular complexity index is 676. The first kappa shape index (κ1) is 14.9. The molecule has 0 amide bonds. The van der Waals surface area contributed by atoms with Gasteiger partial charge in [-0.25, -0.2) is 8.78 Å². The van der Waals surface area contributed by atoms with Crippen molar-refractivity contribution in [3.05, 3.63) is 69.3 Å². The topological polar surface area (TPSA) is 72.6 Å². The van der Waals surface area contributed by atoms with Crippen LogP contribution in [0.3, 0.4) is 0 Å². The molecule has 2 aromatic carbocycles. The van der Waals surface area contributed by atoms with E-state index in [1.165, 1.54) is 6.07 Å². The maximum absolute atomic E-state index is 13.3. The summed E-state index contributed by atoms with van der Waals surface area (Å²) >= 11 is 0. The number of hydrogen-bond donors (Lipinski definition) is 1.